The van der Waals surface area contributed by atoms with Crippen molar-refractivity contribution in [3.8, 4) is 0 Å². The van der Waals surface area contributed by atoms with Crippen LogP contribution < -0.4 is 0 Å². The summed E-state index contributed by atoms with van der Waals surface area (Å²) in [6, 6.07) is 0. The predicted octanol–water partition coefficient (Wildman–Crippen LogP) is 17.7. The van der Waals surface area contributed by atoms with E-state index in [0.29, 0.717) is 19.3 Å². The van der Waals surface area contributed by atoms with Crippen molar-refractivity contribution >= 4 is 17.9 Å². The van der Waals surface area contributed by atoms with E-state index >= 15 is 0 Å². The molecule has 0 bridgehead atoms. The molecule has 0 heterocycles. The molecule has 6 nitrogen and oxygen atoms in total. The molecule has 362 valence electrons. The molecule has 0 saturated carbocycles. The van der Waals surface area contributed by atoms with Crippen LogP contribution in [0.2, 0.25) is 0 Å². The summed E-state index contributed by atoms with van der Waals surface area (Å²) in [5, 5.41) is 0. The molecule has 0 aromatic heterocycles. The molecule has 0 aromatic rings. The molecule has 0 fully saturated rings. The lowest BCUT2D eigenvalue weighted by Gasteiger charge is -2.18. The van der Waals surface area contributed by atoms with Crippen LogP contribution in [0.25, 0.3) is 0 Å². The smallest absolute Gasteiger partial charge is 0.306 e. The van der Waals surface area contributed by atoms with Crippen molar-refractivity contribution in [2.45, 2.75) is 310 Å². The van der Waals surface area contributed by atoms with E-state index in [2.05, 4.69) is 34.6 Å². The zero-order chi connectivity index (χ0) is 44.7. The minimum atomic E-state index is -0.761. The minimum absolute atomic E-state index is 0.0633. The third-order valence-electron chi connectivity index (χ3n) is 12.5. The summed E-state index contributed by atoms with van der Waals surface area (Å²) >= 11 is 0. The quantitative estimate of drug-likeness (QED) is 0.0344. The van der Waals surface area contributed by atoms with Crippen molar-refractivity contribution in [2.75, 3.05) is 13.2 Å². The second-order valence-electron chi connectivity index (χ2n) is 19.8. The molecule has 6 heteroatoms. The van der Waals surface area contributed by atoms with Crippen LogP contribution in [0, 0.1) is 11.8 Å². The van der Waals surface area contributed by atoms with E-state index in [-0.39, 0.29) is 31.1 Å². The monoisotopic (exact) mass is 863 g/mol. The normalized spacial score (nSPS) is 12.0. The highest BCUT2D eigenvalue weighted by Crippen LogP contribution is 2.18. The van der Waals surface area contributed by atoms with Crippen LogP contribution in [0.4, 0.5) is 0 Å². The van der Waals surface area contributed by atoms with Gasteiger partial charge in [-0.2, -0.15) is 0 Å². The fourth-order valence-electron chi connectivity index (χ4n) is 8.34. The van der Waals surface area contributed by atoms with E-state index in [4.69, 9.17) is 14.2 Å². The van der Waals surface area contributed by atoms with Crippen molar-refractivity contribution in [2.24, 2.45) is 11.8 Å². The Morgan fingerprint density at radius 1 is 0.311 bits per heavy atom. The zero-order valence-corrected chi connectivity index (χ0v) is 41.8. The number of carbonyl (C=O) groups excluding carboxylic acids is 3. The van der Waals surface area contributed by atoms with Gasteiger partial charge < -0.3 is 14.2 Å². The molecular weight excluding hydrogens is 757 g/mol. The molecule has 0 spiro atoms. The summed E-state index contributed by atoms with van der Waals surface area (Å²) in [5.41, 5.74) is 0. The highest BCUT2D eigenvalue weighted by molar-refractivity contribution is 5.71. The third-order valence-corrected chi connectivity index (χ3v) is 12.5. The second-order valence-corrected chi connectivity index (χ2v) is 19.8. The topological polar surface area (TPSA) is 78.9 Å². The van der Waals surface area contributed by atoms with Gasteiger partial charge in [0.25, 0.3) is 0 Å². The van der Waals surface area contributed by atoms with Gasteiger partial charge in [-0.05, 0) is 31.1 Å². The van der Waals surface area contributed by atoms with Crippen LogP contribution in [-0.2, 0) is 28.6 Å². The van der Waals surface area contributed by atoms with Gasteiger partial charge >= 0.3 is 17.9 Å². The van der Waals surface area contributed by atoms with Crippen molar-refractivity contribution < 1.29 is 28.6 Å². The van der Waals surface area contributed by atoms with Crippen LogP contribution in [0.1, 0.15) is 304 Å². The fraction of sp³-hybridized carbons (Fsp3) is 0.945. The Morgan fingerprint density at radius 3 is 0.803 bits per heavy atom. The highest BCUT2D eigenvalue weighted by atomic mass is 16.6. The standard InChI is InChI=1S/C55H106O6/c1-6-7-8-9-10-23-30-35-40-45-53(56)59-48-52(49-60-54(57)46-41-36-31-26-21-18-17-20-25-29-34-39-44-51(4)5)61-55(58)47-42-37-32-27-22-16-14-12-11-13-15-19-24-28-33-38-43-50(2)3/h50-52H,6-49H2,1-5H3/t52-/m1/s1. The van der Waals surface area contributed by atoms with E-state index in [1.807, 2.05) is 0 Å². The highest BCUT2D eigenvalue weighted by Gasteiger charge is 2.19. The van der Waals surface area contributed by atoms with Crippen molar-refractivity contribution in [3.05, 3.63) is 0 Å². The minimum Gasteiger partial charge on any atom is -0.462 e. The number of hydrogen-bond donors (Lipinski definition) is 0. The molecule has 61 heavy (non-hydrogen) atoms. The first-order valence-corrected chi connectivity index (χ1v) is 27.2. The van der Waals surface area contributed by atoms with Gasteiger partial charge in [0, 0.05) is 19.3 Å². The zero-order valence-electron chi connectivity index (χ0n) is 41.8. The SMILES string of the molecule is CCCCCCCCCCCC(=O)OC[C@H](COC(=O)CCCCCCCCCCCCCCC(C)C)OC(=O)CCCCCCCCCCCCCCCCCCC(C)C. The number of esters is 3. The Hall–Kier alpha value is -1.59. The lowest BCUT2D eigenvalue weighted by atomic mass is 10.0. The summed E-state index contributed by atoms with van der Waals surface area (Å²) in [4.78, 5) is 37.9. The summed E-state index contributed by atoms with van der Waals surface area (Å²) < 4.78 is 16.8. The second kappa shape index (κ2) is 47.9. The molecule has 0 aliphatic heterocycles. The van der Waals surface area contributed by atoms with E-state index in [1.165, 1.54) is 193 Å². The van der Waals surface area contributed by atoms with Gasteiger partial charge in [-0.15, -0.1) is 0 Å². The van der Waals surface area contributed by atoms with Crippen LogP contribution in [0.3, 0.4) is 0 Å². The van der Waals surface area contributed by atoms with E-state index in [9.17, 15) is 14.4 Å². The summed E-state index contributed by atoms with van der Waals surface area (Å²) in [5.74, 6) is 0.839. The Kier molecular flexibility index (Phi) is 46.6. The fourth-order valence-corrected chi connectivity index (χ4v) is 8.34. The Morgan fingerprint density at radius 2 is 0.541 bits per heavy atom. The molecule has 0 radical (unpaired) electrons. The number of carbonyl (C=O) groups is 3. The van der Waals surface area contributed by atoms with Crippen molar-refractivity contribution in [1.82, 2.24) is 0 Å². The molecule has 0 N–H and O–H groups in total. The molecular formula is C55H106O6. The van der Waals surface area contributed by atoms with E-state index in [1.54, 1.807) is 0 Å². The number of hydrogen-bond acceptors (Lipinski definition) is 6. The lowest BCUT2D eigenvalue weighted by Crippen LogP contribution is -2.30. The molecule has 0 rings (SSSR count). The van der Waals surface area contributed by atoms with Gasteiger partial charge in [-0.3, -0.25) is 14.4 Å². The third kappa shape index (κ3) is 49.3. The summed E-state index contributed by atoms with van der Waals surface area (Å²) in [7, 11) is 0. The van der Waals surface area contributed by atoms with E-state index < -0.39 is 6.10 Å². The first kappa shape index (κ1) is 59.4. The first-order valence-electron chi connectivity index (χ1n) is 27.2. The van der Waals surface area contributed by atoms with Crippen LogP contribution in [0.15, 0.2) is 0 Å². The summed E-state index contributed by atoms with van der Waals surface area (Å²) in [6.07, 6.45) is 49.5. The first-order chi connectivity index (χ1) is 29.7. The Labute approximate surface area is 380 Å². The maximum absolute atomic E-state index is 12.8. The molecule has 1 atom stereocenters. The predicted molar refractivity (Wildman–Crippen MR) is 261 cm³/mol. The van der Waals surface area contributed by atoms with Gasteiger partial charge in [0.2, 0.25) is 0 Å². The molecule has 0 aromatic carbocycles. The van der Waals surface area contributed by atoms with Crippen molar-refractivity contribution in [3.63, 3.8) is 0 Å². The summed E-state index contributed by atoms with van der Waals surface area (Å²) in [6.45, 7) is 11.4. The van der Waals surface area contributed by atoms with Crippen LogP contribution in [-0.4, -0.2) is 37.2 Å². The lowest BCUT2D eigenvalue weighted by molar-refractivity contribution is -0.167. The van der Waals surface area contributed by atoms with Crippen LogP contribution in [0.5, 0.6) is 0 Å². The van der Waals surface area contributed by atoms with Crippen LogP contribution >= 0.6 is 0 Å². The largest absolute Gasteiger partial charge is 0.462 e. The number of unbranched alkanes of at least 4 members (excludes halogenated alkanes) is 34. The van der Waals surface area contributed by atoms with Gasteiger partial charge in [0.1, 0.15) is 13.2 Å². The Bertz CT molecular complexity index is 931. The Balaban J connectivity index is 4.23. The molecule has 0 aliphatic rings. The molecule has 0 unspecified atom stereocenters. The van der Waals surface area contributed by atoms with Crippen molar-refractivity contribution in [1.29, 1.82) is 0 Å². The maximum atomic E-state index is 12.8. The van der Waals surface area contributed by atoms with Gasteiger partial charge in [-0.25, -0.2) is 0 Å². The molecule has 0 aliphatic carbocycles. The number of rotatable bonds is 49. The van der Waals surface area contributed by atoms with E-state index in [0.717, 1.165) is 69.6 Å². The number of ether oxygens (including phenoxy) is 3. The molecule has 0 saturated heterocycles. The molecule has 0 amide bonds. The van der Waals surface area contributed by atoms with Gasteiger partial charge in [0.05, 0.1) is 0 Å². The van der Waals surface area contributed by atoms with Gasteiger partial charge in [-0.1, -0.05) is 266 Å². The average molecular weight is 863 g/mol. The average Bonchev–Trinajstić information content (AvgIpc) is 3.23. The maximum Gasteiger partial charge on any atom is 0.306 e. The van der Waals surface area contributed by atoms with Gasteiger partial charge in [0.15, 0.2) is 6.10 Å².